The van der Waals surface area contributed by atoms with Gasteiger partial charge in [0.25, 0.3) is 0 Å². The minimum Gasteiger partial charge on any atom is -0.339 e. The van der Waals surface area contributed by atoms with Crippen LogP contribution < -0.4 is 0 Å². The number of aryl methyl sites for hydroxylation is 1. The molecule has 5 nitrogen and oxygen atoms in total. The minimum atomic E-state index is 0.130. The topological polar surface area (TPSA) is 48.3 Å². The molecule has 1 saturated heterocycles. The lowest BCUT2D eigenvalue weighted by molar-refractivity contribution is -0.130. The van der Waals surface area contributed by atoms with Crippen LogP contribution >= 0.6 is 0 Å². The number of hydrogen-bond donors (Lipinski definition) is 0. The zero-order valence-corrected chi connectivity index (χ0v) is 10.8. The van der Waals surface area contributed by atoms with E-state index in [-0.39, 0.29) is 5.91 Å². The first-order valence-electron chi connectivity index (χ1n) is 6.14. The molecule has 18 heavy (non-hydrogen) atoms. The molecule has 1 amide bonds. The van der Waals surface area contributed by atoms with Gasteiger partial charge in [-0.25, -0.2) is 0 Å². The Kier molecular flexibility index (Phi) is 3.92. The summed E-state index contributed by atoms with van der Waals surface area (Å²) in [6, 6.07) is 7.93. The Hall–Kier alpha value is -1.91. The molecule has 0 bridgehead atoms. The summed E-state index contributed by atoms with van der Waals surface area (Å²) in [7, 11) is 0. The van der Waals surface area contributed by atoms with Crippen LogP contribution in [-0.2, 0) is 4.79 Å². The van der Waals surface area contributed by atoms with Gasteiger partial charge in [0.05, 0.1) is 18.8 Å². The van der Waals surface area contributed by atoms with E-state index in [0.29, 0.717) is 0 Å². The lowest BCUT2D eigenvalue weighted by atomic mass is 10.2. The highest BCUT2D eigenvalue weighted by molar-refractivity contribution is 5.73. The van der Waals surface area contributed by atoms with Gasteiger partial charge in [0.2, 0.25) is 5.91 Å². The van der Waals surface area contributed by atoms with E-state index in [9.17, 15) is 4.79 Å². The summed E-state index contributed by atoms with van der Waals surface area (Å²) in [5, 5.41) is 10.3. The highest BCUT2D eigenvalue weighted by Crippen LogP contribution is 2.14. The Morgan fingerprint density at radius 2 is 1.72 bits per heavy atom. The van der Waals surface area contributed by atoms with E-state index in [1.165, 1.54) is 5.56 Å². The summed E-state index contributed by atoms with van der Waals surface area (Å²) in [6.45, 7) is 6.58. The largest absolute Gasteiger partial charge is 0.339 e. The molecule has 1 aliphatic rings. The predicted molar refractivity (Wildman–Crippen MR) is 69.5 cm³/mol. The molecule has 0 saturated carbocycles. The summed E-state index contributed by atoms with van der Waals surface area (Å²) < 4.78 is 0. The average molecular weight is 246 g/mol. The molecule has 0 N–H and O–H groups in total. The van der Waals surface area contributed by atoms with Crippen LogP contribution in [0.5, 0.6) is 0 Å². The summed E-state index contributed by atoms with van der Waals surface area (Å²) in [6.07, 6.45) is 0. The van der Waals surface area contributed by atoms with Crippen molar-refractivity contribution in [2.24, 2.45) is 10.3 Å². The summed E-state index contributed by atoms with van der Waals surface area (Å²) >= 11 is 0. The number of carbonyl (C=O) groups excluding carboxylic acids is 1. The zero-order chi connectivity index (χ0) is 13.0. The van der Waals surface area contributed by atoms with Crippen LogP contribution in [0, 0.1) is 6.92 Å². The highest BCUT2D eigenvalue weighted by atomic mass is 16.2. The van der Waals surface area contributed by atoms with Crippen LogP contribution in [0.2, 0.25) is 0 Å². The smallest absolute Gasteiger partial charge is 0.219 e. The third-order valence-corrected chi connectivity index (χ3v) is 3.02. The first kappa shape index (κ1) is 12.5. The Balaban J connectivity index is 1.87. The van der Waals surface area contributed by atoms with Crippen molar-refractivity contribution in [3.8, 4) is 0 Å². The molecule has 1 aromatic carbocycles. The van der Waals surface area contributed by atoms with E-state index in [2.05, 4.69) is 10.3 Å². The third kappa shape index (κ3) is 3.29. The van der Waals surface area contributed by atoms with Crippen molar-refractivity contribution in [3.63, 3.8) is 0 Å². The van der Waals surface area contributed by atoms with Crippen LogP contribution in [-0.4, -0.2) is 42.0 Å². The zero-order valence-electron chi connectivity index (χ0n) is 10.8. The van der Waals surface area contributed by atoms with Crippen molar-refractivity contribution >= 4 is 11.6 Å². The number of nitrogens with zero attached hydrogens (tertiary/aromatic N) is 4. The van der Waals surface area contributed by atoms with Gasteiger partial charge >= 0.3 is 0 Å². The molecule has 1 aromatic rings. The molecule has 0 unspecified atom stereocenters. The number of carbonyl (C=O) groups is 1. The second-order valence-corrected chi connectivity index (χ2v) is 4.48. The maximum atomic E-state index is 11.2. The molecule has 5 heteroatoms. The predicted octanol–water partition coefficient (Wildman–Crippen LogP) is 2.16. The van der Waals surface area contributed by atoms with Crippen molar-refractivity contribution in [2.45, 2.75) is 13.8 Å². The molecule has 0 aliphatic carbocycles. The SMILES string of the molecule is CC(=O)N1CCN(N=Nc2ccc(C)cc2)CC1. The van der Waals surface area contributed by atoms with E-state index in [0.717, 1.165) is 31.9 Å². The van der Waals surface area contributed by atoms with Crippen LogP contribution in [0.1, 0.15) is 12.5 Å². The van der Waals surface area contributed by atoms with E-state index < -0.39 is 0 Å². The summed E-state index contributed by atoms with van der Waals surface area (Å²) in [5.74, 6) is 0.130. The molecule has 0 spiro atoms. The van der Waals surface area contributed by atoms with Crippen LogP contribution in [0.25, 0.3) is 0 Å². The molecular weight excluding hydrogens is 228 g/mol. The molecule has 1 heterocycles. The van der Waals surface area contributed by atoms with Gasteiger partial charge < -0.3 is 4.90 Å². The molecule has 0 atom stereocenters. The quantitative estimate of drug-likeness (QED) is 0.751. The van der Waals surface area contributed by atoms with Gasteiger partial charge in [-0.2, -0.15) is 0 Å². The van der Waals surface area contributed by atoms with Crippen molar-refractivity contribution in [2.75, 3.05) is 26.2 Å². The Labute approximate surface area is 107 Å². The Bertz CT molecular complexity index is 433. The van der Waals surface area contributed by atoms with Gasteiger partial charge in [-0.3, -0.25) is 9.80 Å². The summed E-state index contributed by atoms with van der Waals surface area (Å²) in [5.41, 5.74) is 2.07. The van der Waals surface area contributed by atoms with Crippen molar-refractivity contribution in [1.82, 2.24) is 9.91 Å². The fourth-order valence-corrected chi connectivity index (χ4v) is 1.83. The minimum absolute atomic E-state index is 0.130. The van der Waals surface area contributed by atoms with Gasteiger partial charge in [-0.05, 0) is 19.1 Å². The van der Waals surface area contributed by atoms with Crippen molar-refractivity contribution < 1.29 is 4.79 Å². The molecule has 0 radical (unpaired) electrons. The molecule has 1 aliphatic heterocycles. The highest BCUT2D eigenvalue weighted by Gasteiger charge is 2.17. The molecular formula is C13H18N4O. The molecule has 2 rings (SSSR count). The maximum Gasteiger partial charge on any atom is 0.219 e. The molecule has 96 valence electrons. The number of hydrogen-bond acceptors (Lipinski definition) is 3. The standard InChI is InChI=1S/C13H18N4O/c1-11-3-5-13(6-4-11)14-15-17-9-7-16(8-10-17)12(2)18/h3-6H,7-10H2,1-2H3. The third-order valence-electron chi connectivity index (χ3n) is 3.02. The van der Waals surface area contributed by atoms with Gasteiger partial charge in [0.15, 0.2) is 0 Å². The molecule has 1 fully saturated rings. The van der Waals surface area contributed by atoms with Gasteiger partial charge in [-0.1, -0.05) is 22.9 Å². The number of piperazine rings is 1. The fourth-order valence-electron chi connectivity index (χ4n) is 1.83. The van der Waals surface area contributed by atoms with Crippen LogP contribution in [0.4, 0.5) is 5.69 Å². The summed E-state index contributed by atoms with van der Waals surface area (Å²) in [4.78, 5) is 13.0. The van der Waals surface area contributed by atoms with Gasteiger partial charge in [0.1, 0.15) is 0 Å². The van der Waals surface area contributed by atoms with Gasteiger partial charge in [-0.15, -0.1) is 5.11 Å². The van der Waals surface area contributed by atoms with Crippen molar-refractivity contribution in [3.05, 3.63) is 29.8 Å². The maximum absolute atomic E-state index is 11.2. The van der Waals surface area contributed by atoms with E-state index >= 15 is 0 Å². The second-order valence-electron chi connectivity index (χ2n) is 4.48. The normalized spacial score (nSPS) is 16.3. The Morgan fingerprint density at radius 3 is 2.28 bits per heavy atom. The number of amides is 1. The monoisotopic (exact) mass is 246 g/mol. The van der Waals surface area contributed by atoms with Crippen molar-refractivity contribution in [1.29, 1.82) is 0 Å². The first-order valence-corrected chi connectivity index (χ1v) is 6.14. The lowest BCUT2D eigenvalue weighted by Gasteiger charge is -2.31. The number of benzene rings is 1. The van der Waals surface area contributed by atoms with E-state index in [1.807, 2.05) is 41.1 Å². The second kappa shape index (κ2) is 5.62. The van der Waals surface area contributed by atoms with Gasteiger partial charge in [0, 0.05) is 20.0 Å². The molecule has 0 aromatic heterocycles. The number of rotatable bonds is 2. The average Bonchev–Trinajstić information content (AvgIpc) is 2.38. The Morgan fingerprint density at radius 1 is 1.11 bits per heavy atom. The van der Waals surface area contributed by atoms with E-state index in [1.54, 1.807) is 6.92 Å². The van der Waals surface area contributed by atoms with Crippen LogP contribution in [0.3, 0.4) is 0 Å². The van der Waals surface area contributed by atoms with E-state index in [4.69, 9.17) is 0 Å². The lowest BCUT2D eigenvalue weighted by Crippen LogP contribution is -2.45. The first-order chi connectivity index (χ1) is 8.65. The van der Waals surface area contributed by atoms with Crippen LogP contribution in [0.15, 0.2) is 34.6 Å². The fraction of sp³-hybridized carbons (Fsp3) is 0.462.